The molecule has 4 nitrogen and oxygen atoms in total. The number of hydrogen-bond acceptors (Lipinski definition) is 2. The second-order valence-electron chi connectivity index (χ2n) is 7.13. The summed E-state index contributed by atoms with van der Waals surface area (Å²) in [6.07, 6.45) is 0.632. The van der Waals surface area contributed by atoms with Crippen molar-refractivity contribution in [1.82, 2.24) is 5.32 Å². The van der Waals surface area contributed by atoms with E-state index in [4.69, 9.17) is 0 Å². The molecule has 0 bridgehead atoms. The van der Waals surface area contributed by atoms with E-state index in [0.29, 0.717) is 6.42 Å². The highest BCUT2D eigenvalue weighted by Gasteiger charge is 2.29. The van der Waals surface area contributed by atoms with Crippen molar-refractivity contribution in [2.45, 2.75) is 46.6 Å². The summed E-state index contributed by atoms with van der Waals surface area (Å²) in [5, 5.41) is 4.54. The zero-order valence-electron chi connectivity index (χ0n) is 13.5. The van der Waals surface area contributed by atoms with Crippen LogP contribution < -0.4 is 10.6 Å². The summed E-state index contributed by atoms with van der Waals surface area (Å²) in [5.74, 6) is -3.91. The van der Waals surface area contributed by atoms with Crippen LogP contribution in [0.4, 0.5) is 14.5 Å². The maximum atomic E-state index is 13.4. The molecule has 0 aliphatic carbocycles. The Morgan fingerprint density at radius 3 is 1.95 bits per heavy atom. The van der Waals surface area contributed by atoms with E-state index in [-0.39, 0.29) is 5.41 Å². The summed E-state index contributed by atoms with van der Waals surface area (Å²) < 4.78 is 26.9. The zero-order chi connectivity index (χ0) is 17.1. The Labute approximate surface area is 129 Å². The number of carbonyl (C=O) groups is 2. The number of benzene rings is 1. The van der Waals surface area contributed by atoms with Gasteiger partial charge in [0.1, 0.15) is 17.3 Å². The smallest absolute Gasteiger partial charge is 0.313 e. The van der Waals surface area contributed by atoms with Crippen molar-refractivity contribution < 1.29 is 18.4 Å². The Kier molecular flexibility index (Phi) is 5.27. The molecule has 0 atom stereocenters. The van der Waals surface area contributed by atoms with Gasteiger partial charge < -0.3 is 10.6 Å². The summed E-state index contributed by atoms with van der Waals surface area (Å²) in [5.41, 5.74) is -1.30. The molecule has 22 heavy (non-hydrogen) atoms. The van der Waals surface area contributed by atoms with E-state index in [1.807, 2.05) is 26.1 Å². The molecule has 6 heteroatoms. The maximum absolute atomic E-state index is 13.4. The molecule has 0 saturated carbocycles. The van der Waals surface area contributed by atoms with Crippen LogP contribution in [0.3, 0.4) is 0 Å². The monoisotopic (exact) mass is 312 g/mol. The van der Waals surface area contributed by atoms with Crippen molar-refractivity contribution in [1.29, 1.82) is 0 Å². The molecule has 1 aromatic carbocycles. The summed E-state index contributed by atoms with van der Waals surface area (Å²) >= 11 is 0. The minimum atomic E-state index is -1.11. The minimum absolute atomic E-state index is 0.0507. The lowest BCUT2D eigenvalue weighted by Gasteiger charge is -2.33. The molecule has 122 valence electrons. The average molecular weight is 312 g/mol. The Morgan fingerprint density at radius 1 is 1.00 bits per heavy atom. The number of amides is 2. The first-order valence-corrected chi connectivity index (χ1v) is 6.99. The number of anilines is 1. The molecule has 0 spiro atoms. The van der Waals surface area contributed by atoms with Gasteiger partial charge in [-0.25, -0.2) is 8.78 Å². The first kappa shape index (κ1) is 18.1. The molecule has 0 saturated heterocycles. The summed E-state index contributed by atoms with van der Waals surface area (Å²) in [6, 6.07) is 3.17. The van der Waals surface area contributed by atoms with Gasteiger partial charge in [0.2, 0.25) is 0 Å². The second kappa shape index (κ2) is 6.42. The normalized spacial score (nSPS) is 12.0. The first-order chi connectivity index (χ1) is 9.91. The quantitative estimate of drug-likeness (QED) is 0.842. The predicted molar refractivity (Wildman–Crippen MR) is 81.3 cm³/mol. The van der Waals surface area contributed by atoms with Crippen molar-refractivity contribution >= 4 is 17.5 Å². The van der Waals surface area contributed by atoms with E-state index in [1.165, 1.54) is 6.07 Å². The standard InChI is InChI=1S/C16H22F2N2O2/c1-15(2,3)9-16(4,5)20-14(22)13(21)19-12-10(17)7-6-8-11(12)18/h6-8H,9H2,1-5H3,(H,19,21)(H,20,22). The van der Waals surface area contributed by atoms with Gasteiger partial charge >= 0.3 is 11.8 Å². The summed E-state index contributed by atoms with van der Waals surface area (Å²) in [6.45, 7) is 9.60. The van der Waals surface area contributed by atoms with Crippen LogP contribution in [0.2, 0.25) is 0 Å². The van der Waals surface area contributed by atoms with Crippen LogP contribution >= 0.6 is 0 Å². The number of rotatable bonds is 3. The molecule has 1 rings (SSSR count). The third-order valence-corrected chi connectivity index (χ3v) is 2.83. The number of halogens is 2. The first-order valence-electron chi connectivity index (χ1n) is 6.99. The van der Waals surface area contributed by atoms with Gasteiger partial charge in [-0.3, -0.25) is 9.59 Å². The highest BCUT2D eigenvalue weighted by atomic mass is 19.1. The highest BCUT2D eigenvalue weighted by molar-refractivity contribution is 6.39. The molecule has 0 radical (unpaired) electrons. The minimum Gasteiger partial charge on any atom is -0.343 e. The fourth-order valence-corrected chi connectivity index (χ4v) is 2.52. The Bertz CT molecular complexity index is 558. The molecule has 0 heterocycles. The number of hydrogen-bond donors (Lipinski definition) is 2. The van der Waals surface area contributed by atoms with E-state index < -0.39 is 34.7 Å². The van der Waals surface area contributed by atoms with Gasteiger partial charge in [-0.2, -0.15) is 0 Å². The molecular formula is C16H22F2N2O2. The van der Waals surface area contributed by atoms with Gasteiger partial charge in [0, 0.05) is 5.54 Å². The molecule has 2 N–H and O–H groups in total. The fourth-order valence-electron chi connectivity index (χ4n) is 2.52. The van der Waals surface area contributed by atoms with Gasteiger partial charge in [-0.1, -0.05) is 26.8 Å². The van der Waals surface area contributed by atoms with Crippen molar-refractivity contribution in [3.63, 3.8) is 0 Å². The zero-order valence-corrected chi connectivity index (χ0v) is 13.5. The van der Waals surface area contributed by atoms with Crippen molar-refractivity contribution in [2.75, 3.05) is 5.32 Å². The van der Waals surface area contributed by atoms with Gasteiger partial charge in [0.15, 0.2) is 0 Å². The molecule has 0 aliphatic heterocycles. The molecule has 0 aromatic heterocycles. The van der Waals surface area contributed by atoms with E-state index in [9.17, 15) is 18.4 Å². The van der Waals surface area contributed by atoms with Gasteiger partial charge in [0.25, 0.3) is 0 Å². The molecule has 0 unspecified atom stereocenters. The van der Waals surface area contributed by atoms with E-state index >= 15 is 0 Å². The largest absolute Gasteiger partial charge is 0.343 e. The van der Waals surface area contributed by atoms with E-state index in [1.54, 1.807) is 13.8 Å². The van der Waals surface area contributed by atoms with Gasteiger partial charge in [-0.05, 0) is 37.8 Å². The fraction of sp³-hybridized carbons (Fsp3) is 0.500. The third-order valence-electron chi connectivity index (χ3n) is 2.83. The number of nitrogens with one attached hydrogen (secondary N) is 2. The lowest BCUT2D eigenvalue weighted by Crippen LogP contribution is -2.49. The van der Waals surface area contributed by atoms with Crippen molar-refractivity contribution in [3.8, 4) is 0 Å². The number of para-hydroxylation sites is 1. The SMILES string of the molecule is CC(C)(C)CC(C)(C)NC(=O)C(=O)Nc1c(F)cccc1F. The summed E-state index contributed by atoms with van der Waals surface area (Å²) in [4.78, 5) is 23.7. The van der Waals surface area contributed by atoms with Gasteiger partial charge in [-0.15, -0.1) is 0 Å². The second-order valence-corrected chi connectivity index (χ2v) is 7.13. The van der Waals surface area contributed by atoms with Crippen LogP contribution in [0.1, 0.15) is 41.0 Å². The molecule has 0 fully saturated rings. The van der Waals surface area contributed by atoms with Gasteiger partial charge in [0.05, 0.1) is 0 Å². The molecule has 2 amide bonds. The average Bonchev–Trinajstić information content (AvgIpc) is 2.29. The van der Waals surface area contributed by atoms with Crippen LogP contribution in [-0.2, 0) is 9.59 Å². The topological polar surface area (TPSA) is 58.2 Å². The van der Waals surface area contributed by atoms with E-state index in [2.05, 4.69) is 5.32 Å². The Balaban J connectivity index is 2.76. The molecular weight excluding hydrogens is 290 g/mol. The Hall–Kier alpha value is -1.98. The molecule has 0 aliphatic rings. The lowest BCUT2D eigenvalue weighted by molar-refractivity contribution is -0.137. The van der Waals surface area contributed by atoms with Crippen LogP contribution in [0, 0.1) is 17.0 Å². The van der Waals surface area contributed by atoms with Crippen molar-refractivity contribution in [3.05, 3.63) is 29.8 Å². The molecule has 1 aromatic rings. The predicted octanol–water partition coefficient (Wildman–Crippen LogP) is 3.23. The number of carbonyl (C=O) groups excluding carboxylic acids is 2. The lowest BCUT2D eigenvalue weighted by atomic mass is 9.82. The third kappa shape index (κ3) is 5.42. The van der Waals surface area contributed by atoms with Crippen LogP contribution in [0.5, 0.6) is 0 Å². The summed E-state index contributed by atoms with van der Waals surface area (Å²) in [7, 11) is 0. The van der Waals surface area contributed by atoms with Crippen LogP contribution in [-0.4, -0.2) is 17.4 Å². The van der Waals surface area contributed by atoms with Crippen LogP contribution in [0.15, 0.2) is 18.2 Å². The van der Waals surface area contributed by atoms with E-state index in [0.717, 1.165) is 12.1 Å². The highest BCUT2D eigenvalue weighted by Crippen LogP contribution is 2.26. The van der Waals surface area contributed by atoms with Crippen molar-refractivity contribution in [2.24, 2.45) is 5.41 Å². The Morgan fingerprint density at radius 2 is 1.50 bits per heavy atom. The maximum Gasteiger partial charge on any atom is 0.313 e. The van der Waals surface area contributed by atoms with Crippen LogP contribution in [0.25, 0.3) is 0 Å².